The van der Waals surface area contributed by atoms with Crippen LogP contribution in [0, 0.1) is 17.0 Å². The summed E-state index contributed by atoms with van der Waals surface area (Å²) in [5.41, 5.74) is 2.35. The Morgan fingerprint density at radius 3 is 2.52 bits per heavy atom. The van der Waals surface area contributed by atoms with Gasteiger partial charge in [0.15, 0.2) is 17.5 Å². The lowest BCUT2D eigenvalue weighted by Gasteiger charge is -2.60. The summed E-state index contributed by atoms with van der Waals surface area (Å²) < 4.78 is 29.5. The Morgan fingerprint density at radius 2 is 1.76 bits per heavy atom. The average molecular weight is 470 g/mol. The van der Waals surface area contributed by atoms with Crippen LogP contribution < -0.4 is 9.80 Å². The first-order chi connectivity index (χ1) is 16.0. The molecule has 3 fully saturated rings. The van der Waals surface area contributed by atoms with Crippen LogP contribution >= 0.6 is 11.6 Å². The van der Waals surface area contributed by atoms with Crippen molar-refractivity contribution in [2.45, 2.75) is 32.0 Å². The third kappa shape index (κ3) is 3.13. The summed E-state index contributed by atoms with van der Waals surface area (Å²) in [5, 5.41) is 9.88. The van der Waals surface area contributed by atoms with E-state index in [9.17, 15) is 8.78 Å². The van der Waals surface area contributed by atoms with E-state index in [1.54, 1.807) is 0 Å². The van der Waals surface area contributed by atoms with Gasteiger partial charge in [0.05, 0.1) is 18.4 Å². The van der Waals surface area contributed by atoms with Crippen molar-refractivity contribution in [2.24, 2.45) is 5.41 Å². The maximum Gasteiger partial charge on any atom is 0.231 e. The van der Waals surface area contributed by atoms with E-state index in [1.807, 2.05) is 11.0 Å². The topological polar surface area (TPSA) is 53.3 Å². The fourth-order valence-corrected chi connectivity index (χ4v) is 5.77. The number of anilines is 2. The molecule has 0 unspecified atom stereocenters. The van der Waals surface area contributed by atoms with Crippen LogP contribution in [0.15, 0.2) is 30.5 Å². The number of aromatic nitrogens is 4. The molecule has 1 saturated carbocycles. The molecular weight excluding hydrogens is 448 g/mol. The molecule has 7 nitrogen and oxygen atoms in total. The zero-order valence-corrected chi connectivity index (χ0v) is 18.6. The number of hydrogen-bond donors (Lipinski definition) is 0. The van der Waals surface area contributed by atoms with Gasteiger partial charge in [0.2, 0.25) is 5.95 Å². The van der Waals surface area contributed by atoms with Crippen molar-refractivity contribution < 1.29 is 8.78 Å². The van der Waals surface area contributed by atoms with E-state index >= 15 is 0 Å². The Morgan fingerprint density at radius 1 is 0.970 bits per heavy atom. The molecule has 1 aromatic carbocycles. The SMILES string of the molecule is Fc1cnc(N2CC3(C2)CN(c2nnc4n2-c2ccc(Cl)cc2CN(C2CC2)C4)C3)c(F)c1. The molecule has 1 aliphatic carbocycles. The minimum absolute atomic E-state index is 0.0719. The van der Waals surface area contributed by atoms with Gasteiger partial charge >= 0.3 is 0 Å². The Kier molecular flexibility index (Phi) is 4.09. The minimum Gasteiger partial charge on any atom is -0.353 e. The Balaban J connectivity index is 1.14. The quantitative estimate of drug-likeness (QED) is 0.586. The van der Waals surface area contributed by atoms with Crippen molar-refractivity contribution in [3.63, 3.8) is 0 Å². The summed E-state index contributed by atoms with van der Waals surface area (Å²) in [7, 11) is 0. The molecule has 33 heavy (non-hydrogen) atoms. The fourth-order valence-electron chi connectivity index (χ4n) is 5.57. The van der Waals surface area contributed by atoms with Crippen molar-refractivity contribution in [3.8, 4) is 5.69 Å². The zero-order valence-electron chi connectivity index (χ0n) is 17.9. The van der Waals surface area contributed by atoms with E-state index in [0.717, 1.165) is 60.9 Å². The summed E-state index contributed by atoms with van der Waals surface area (Å²) in [5.74, 6) is 0.755. The van der Waals surface area contributed by atoms with Gasteiger partial charge in [0, 0.05) is 55.3 Å². The molecule has 0 atom stereocenters. The molecule has 5 heterocycles. The Labute approximate surface area is 194 Å². The smallest absolute Gasteiger partial charge is 0.231 e. The van der Waals surface area contributed by atoms with E-state index < -0.39 is 11.6 Å². The monoisotopic (exact) mass is 469 g/mol. The van der Waals surface area contributed by atoms with Crippen molar-refractivity contribution >= 4 is 23.4 Å². The van der Waals surface area contributed by atoms with Crippen molar-refractivity contribution in [2.75, 3.05) is 36.0 Å². The Hall–Kier alpha value is -2.78. The summed E-state index contributed by atoms with van der Waals surface area (Å²) in [6.45, 7) is 4.66. The van der Waals surface area contributed by atoms with Crippen LogP contribution in [0.2, 0.25) is 5.02 Å². The van der Waals surface area contributed by atoms with E-state index in [1.165, 1.54) is 18.4 Å². The number of pyridine rings is 1. The lowest BCUT2D eigenvalue weighted by Crippen LogP contribution is -2.73. The molecule has 2 aromatic heterocycles. The minimum atomic E-state index is -0.657. The van der Waals surface area contributed by atoms with Gasteiger partial charge in [-0.3, -0.25) is 9.47 Å². The maximum absolute atomic E-state index is 14.1. The van der Waals surface area contributed by atoms with Crippen LogP contribution in [0.5, 0.6) is 0 Å². The third-order valence-electron chi connectivity index (χ3n) is 7.25. The summed E-state index contributed by atoms with van der Waals surface area (Å²) >= 11 is 6.34. The average Bonchev–Trinajstić information content (AvgIpc) is 3.51. The maximum atomic E-state index is 14.1. The molecule has 0 bridgehead atoms. The molecule has 0 N–H and O–H groups in total. The van der Waals surface area contributed by atoms with Gasteiger partial charge in [-0.1, -0.05) is 11.6 Å². The Bertz CT molecular complexity index is 1260. The molecule has 3 aliphatic heterocycles. The van der Waals surface area contributed by atoms with Crippen molar-refractivity contribution in [3.05, 3.63) is 58.5 Å². The number of benzene rings is 1. The molecule has 1 spiro atoms. The van der Waals surface area contributed by atoms with Gasteiger partial charge in [0.1, 0.15) is 5.82 Å². The highest BCUT2D eigenvalue weighted by molar-refractivity contribution is 6.30. The first-order valence-corrected chi connectivity index (χ1v) is 11.6. The van der Waals surface area contributed by atoms with Gasteiger partial charge < -0.3 is 9.80 Å². The highest BCUT2D eigenvalue weighted by atomic mass is 35.5. The summed E-state index contributed by atoms with van der Waals surface area (Å²) in [6, 6.07) is 7.54. The van der Waals surface area contributed by atoms with Crippen LogP contribution in [0.3, 0.4) is 0 Å². The number of halogens is 3. The van der Waals surface area contributed by atoms with Gasteiger partial charge in [0.25, 0.3) is 0 Å². The van der Waals surface area contributed by atoms with Crippen LogP contribution in [0.1, 0.15) is 24.2 Å². The number of hydrogen-bond acceptors (Lipinski definition) is 6. The number of nitrogens with zero attached hydrogens (tertiary/aromatic N) is 7. The third-order valence-corrected chi connectivity index (χ3v) is 7.49. The molecule has 0 radical (unpaired) electrons. The molecule has 7 rings (SSSR count). The first-order valence-electron chi connectivity index (χ1n) is 11.3. The fraction of sp³-hybridized carbons (Fsp3) is 0.435. The first kappa shape index (κ1) is 19.7. The molecule has 10 heteroatoms. The predicted octanol–water partition coefficient (Wildman–Crippen LogP) is 3.40. The lowest BCUT2D eigenvalue weighted by molar-refractivity contribution is 0.152. The largest absolute Gasteiger partial charge is 0.353 e. The second-order valence-corrected chi connectivity index (χ2v) is 10.3. The number of rotatable bonds is 3. The van der Waals surface area contributed by atoms with Gasteiger partial charge in [-0.2, -0.15) is 0 Å². The highest BCUT2D eigenvalue weighted by Gasteiger charge is 2.54. The van der Waals surface area contributed by atoms with Gasteiger partial charge in [-0.15, -0.1) is 10.2 Å². The number of fused-ring (bicyclic) bond motifs is 3. The normalized spacial score (nSPS) is 21.3. The summed E-state index contributed by atoms with van der Waals surface area (Å²) in [6.07, 6.45) is 3.52. The standard InChI is InChI=1S/C23H22ClF2N7/c24-15-1-4-19-14(5-15)8-30(17-2-3-17)9-20-28-29-22(33(19)20)32-12-23(13-32)10-31(11-23)21-18(26)6-16(25)7-27-21/h1,4-7,17H,2-3,8-13H2. The van der Waals surface area contributed by atoms with Gasteiger partial charge in [-0.25, -0.2) is 13.8 Å². The van der Waals surface area contributed by atoms with E-state index in [0.29, 0.717) is 19.1 Å². The summed E-state index contributed by atoms with van der Waals surface area (Å²) in [4.78, 5) is 10.5. The zero-order chi connectivity index (χ0) is 22.3. The molecular formula is C23H22ClF2N7. The van der Waals surface area contributed by atoms with E-state index in [4.69, 9.17) is 11.6 Å². The van der Waals surface area contributed by atoms with Crippen LogP contribution in [-0.4, -0.2) is 56.9 Å². The molecule has 4 aliphatic rings. The molecule has 3 aromatic rings. The second kappa shape index (κ2) is 6.87. The lowest BCUT2D eigenvalue weighted by atomic mass is 9.73. The van der Waals surface area contributed by atoms with E-state index in [2.05, 4.69) is 41.7 Å². The predicted molar refractivity (Wildman–Crippen MR) is 120 cm³/mol. The highest BCUT2D eigenvalue weighted by Crippen LogP contribution is 2.44. The van der Waals surface area contributed by atoms with Gasteiger partial charge in [-0.05, 0) is 36.6 Å². The van der Waals surface area contributed by atoms with Crippen LogP contribution in [0.4, 0.5) is 20.5 Å². The molecule has 0 amide bonds. The second-order valence-electron chi connectivity index (χ2n) is 9.83. The molecule has 170 valence electrons. The van der Waals surface area contributed by atoms with Crippen LogP contribution in [-0.2, 0) is 13.1 Å². The van der Waals surface area contributed by atoms with E-state index in [-0.39, 0.29) is 11.2 Å². The molecule has 2 saturated heterocycles. The van der Waals surface area contributed by atoms with Crippen molar-refractivity contribution in [1.82, 2.24) is 24.6 Å². The van der Waals surface area contributed by atoms with Crippen LogP contribution in [0.25, 0.3) is 5.69 Å². The van der Waals surface area contributed by atoms with Crippen molar-refractivity contribution in [1.29, 1.82) is 0 Å².